The topological polar surface area (TPSA) is 77.2 Å². The van der Waals surface area contributed by atoms with Crippen molar-refractivity contribution < 1.29 is 13.9 Å². The molecule has 4 rings (SSSR count). The number of hydrogen-bond donors (Lipinski definition) is 1. The Morgan fingerprint density at radius 1 is 0.935 bits per heavy atom. The molecule has 1 heterocycles. The molecule has 6 nitrogen and oxygen atoms in total. The summed E-state index contributed by atoms with van der Waals surface area (Å²) in [4.78, 5) is 12.6. The van der Waals surface area contributed by atoms with E-state index in [2.05, 4.69) is 22.4 Å². The van der Waals surface area contributed by atoms with Crippen molar-refractivity contribution in [3.8, 4) is 17.2 Å². The Morgan fingerprint density at radius 2 is 1.61 bits per heavy atom. The lowest BCUT2D eigenvalue weighted by molar-refractivity contribution is -0.123. The molecule has 0 fully saturated rings. The van der Waals surface area contributed by atoms with E-state index in [-0.39, 0.29) is 12.5 Å². The van der Waals surface area contributed by atoms with Crippen molar-refractivity contribution in [3.05, 3.63) is 102 Å². The van der Waals surface area contributed by atoms with Crippen LogP contribution in [0.2, 0.25) is 0 Å². The standard InChI is InChI=1S/C25H23N3O3/c1-2-18-13-15-21(16-14-18)30-17-22(29)26-23(19-9-5-3-6-10-19)25-28-27-24(31-25)20-11-7-4-8-12-20/h3-16,23H,2,17H2,1H3,(H,26,29). The van der Waals surface area contributed by atoms with Crippen LogP contribution in [0.3, 0.4) is 0 Å². The van der Waals surface area contributed by atoms with Gasteiger partial charge in [0.2, 0.25) is 11.8 Å². The fourth-order valence-corrected chi connectivity index (χ4v) is 3.15. The first kappa shape index (κ1) is 20.3. The highest BCUT2D eigenvalue weighted by atomic mass is 16.5. The maximum absolute atomic E-state index is 12.6. The second kappa shape index (κ2) is 9.71. The molecule has 31 heavy (non-hydrogen) atoms. The summed E-state index contributed by atoms with van der Waals surface area (Å²) in [7, 11) is 0. The van der Waals surface area contributed by atoms with E-state index < -0.39 is 6.04 Å². The van der Waals surface area contributed by atoms with Gasteiger partial charge in [-0.1, -0.05) is 67.6 Å². The monoisotopic (exact) mass is 413 g/mol. The van der Waals surface area contributed by atoms with Gasteiger partial charge in [0.05, 0.1) is 0 Å². The average molecular weight is 413 g/mol. The maximum Gasteiger partial charge on any atom is 0.258 e. The molecule has 0 aliphatic rings. The predicted octanol–water partition coefficient (Wildman–Crippen LogP) is 4.58. The van der Waals surface area contributed by atoms with Crippen molar-refractivity contribution in [2.45, 2.75) is 19.4 Å². The van der Waals surface area contributed by atoms with Gasteiger partial charge in [-0.15, -0.1) is 10.2 Å². The predicted molar refractivity (Wildman–Crippen MR) is 117 cm³/mol. The van der Waals surface area contributed by atoms with Crippen LogP contribution in [0.5, 0.6) is 5.75 Å². The molecule has 1 amide bonds. The fourth-order valence-electron chi connectivity index (χ4n) is 3.15. The third-order valence-electron chi connectivity index (χ3n) is 4.85. The van der Waals surface area contributed by atoms with Crippen molar-refractivity contribution in [1.29, 1.82) is 0 Å². The van der Waals surface area contributed by atoms with E-state index in [0.717, 1.165) is 17.5 Å². The number of benzene rings is 3. The third kappa shape index (κ3) is 5.17. The third-order valence-corrected chi connectivity index (χ3v) is 4.85. The zero-order valence-corrected chi connectivity index (χ0v) is 17.2. The number of carbonyl (C=O) groups is 1. The van der Waals surface area contributed by atoms with E-state index in [1.807, 2.05) is 84.9 Å². The van der Waals surface area contributed by atoms with Gasteiger partial charge in [0, 0.05) is 5.56 Å². The molecular weight excluding hydrogens is 390 g/mol. The Hall–Kier alpha value is -3.93. The minimum Gasteiger partial charge on any atom is -0.484 e. The SMILES string of the molecule is CCc1ccc(OCC(=O)NC(c2ccccc2)c2nnc(-c3ccccc3)o2)cc1. The van der Waals surface area contributed by atoms with E-state index in [4.69, 9.17) is 9.15 Å². The number of amides is 1. The summed E-state index contributed by atoms with van der Waals surface area (Å²) in [6.07, 6.45) is 0.953. The quantitative estimate of drug-likeness (QED) is 0.457. The Bertz CT molecular complexity index is 1110. The lowest BCUT2D eigenvalue weighted by Crippen LogP contribution is -2.33. The molecule has 0 spiro atoms. The molecule has 1 N–H and O–H groups in total. The first-order chi connectivity index (χ1) is 15.2. The number of carbonyl (C=O) groups excluding carboxylic acids is 1. The summed E-state index contributed by atoms with van der Waals surface area (Å²) in [6, 6.07) is 26.2. The molecular formula is C25H23N3O3. The van der Waals surface area contributed by atoms with Crippen LogP contribution >= 0.6 is 0 Å². The molecule has 0 saturated carbocycles. The highest BCUT2D eigenvalue weighted by Crippen LogP contribution is 2.25. The zero-order chi connectivity index (χ0) is 21.5. The molecule has 1 aromatic heterocycles. The van der Waals surface area contributed by atoms with Gasteiger partial charge in [-0.3, -0.25) is 4.79 Å². The highest BCUT2D eigenvalue weighted by Gasteiger charge is 2.23. The number of nitrogens with one attached hydrogen (secondary N) is 1. The summed E-state index contributed by atoms with van der Waals surface area (Å²) in [5.41, 5.74) is 2.87. The van der Waals surface area contributed by atoms with Crippen LogP contribution in [0, 0.1) is 0 Å². The molecule has 6 heteroatoms. The van der Waals surface area contributed by atoms with E-state index in [1.54, 1.807) is 0 Å². The van der Waals surface area contributed by atoms with Crippen molar-refractivity contribution in [3.63, 3.8) is 0 Å². The first-order valence-electron chi connectivity index (χ1n) is 10.2. The van der Waals surface area contributed by atoms with E-state index in [0.29, 0.717) is 17.5 Å². The number of nitrogens with zero attached hydrogens (tertiary/aromatic N) is 2. The number of rotatable bonds is 8. The summed E-state index contributed by atoms with van der Waals surface area (Å²) < 4.78 is 11.5. The van der Waals surface area contributed by atoms with Gasteiger partial charge in [-0.2, -0.15) is 0 Å². The fraction of sp³-hybridized carbons (Fsp3) is 0.160. The van der Waals surface area contributed by atoms with Crippen LogP contribution in [0.4, 0.5) is 0 Å². The largest absolute Gasteiger partial charge is 0.484 e. The number of aromatic nitrogens is 2. The van der Waals surface area contributed by atoms with Crippen LogP contribution in [-0.4, -0.2) is 22.7 Å². The van der Waals surface area contributed by atoms with Gasteiger partial charge < -0.3 is 14.5 Å². The lowest BCUT2D eigenvalue weighted by atomic mass is 10.1. The van der Waals surface area contributed by atoms with Crippen LogP contribution in [-0.2, 0) is 11.2 Å². The van der Waals surface area contributed by atoms with Gasteiger partial charge in [-0.25, -0.2) is 0 Å². The molecule has 0 bridgehead atoms. The van der Waals surface area contributed by atoms with Gasteiger partial charge in [0.25, 0.3) is 5.91 Å². The van der Waals surface area contributed by atoms with Gasteiger partial charge >= 0.3 is 0 Å². The normalized spacial score (nSPS) is 11.6. The molecule has 0 aliphatic carbocycles. The van der Waals surface area contributed by atoms with Crippen LogP contribution in [0.25, 0.3) is 11.5 Å². The molecule has 4 aromatic rings. The molecule has 156 valence electrons. The smallest absolute Gasteiger partial charge is 0.258 e. The zero-order valence-electron chi connectivity index (χ0n) is 17.2. The second-order valence-electron chi connectivity index (χ2n) is 7.01. The van der Waals surface area contributed by atoms with Gasteiger partial charge in [0.15, 0.2) is 6.61 Å². The minimum absolute atomic E-state index is 0.117. The summed E-state index contributed by atoms with van der Waals surface area (Å²) in [5.74, 6) is 1.07. The maximum atomic E-state index is 12.6. The van der Waals surface area contributed by atoms with Crippen LogP contribution < -0.4 is 10.1 Å². The minimum atomic E-state index is -0.579. The van der Waals surface area contributed by atoms with E-state index in [1.165, 1.54) is 5.56 Å². The number of aryl methyl sites for hydroxylation is 1. The van der Waals surface area contributed by atoms with Gasteiger partial charge in [0.1, 0.15) is 11.8 Å². The number of hydrogen-bond acceptors (Lipinski definition) is 5. The van der Waals surface area contributed by atoms with Crippen molar-refractivity contribution in [1.82, 2.24) is 15.5 Å². The Kier molecular flexibility index (Phi) is 6.38. The average Bonchev–Trinajstić information content (AvgIpc) is 3.33. The molecule has 1 unspecified atom stereocenters. The van der Waals surface area contributed by atoms with Crippen LogP contribution in [0.15, 0.2) is 89.3 Å². The van der Waals surface area contributed by atoms with Crippen molar-refractivity contribution in [2.75, 3.05) is 6.61 Å². The van der Waals surface area contributed by atoms with E-state index in [9.17, 15) is 4.79 Å². The second-order valence-corrected chi connectivity index (χ2v) is 7.01. The highest BCUT2D eigenvalue weighted by molar-refractivity contribution is 5.78. The summed E-state index contributed by atoms with van der Waals surface area (Å²) in [5, 5.41) is 11.3. The van der Waals surface area contributed by atoms with Gasteiger partial charge in [-0.05, 0) is 41.8 Å². The molecule has 0 saturated heterocycles. The van der Waals surface area contributed by atoms with Crippen molar-refractivity contribution >= 4 is 5.91 Å². The molecule has 0 radical (unpaired) electrons. The Labute approximate surface area is 180 Å². The Balaban J connectivity index is 1.49. The van der Waals surface area contributed by atoms with Crippen molar-refractivity contribution in [2.24, 2.45) is 0 Å². The first-order valence-corrected chi connectivity index (χ1v) is 10.2. The number of ether oxygens (including phenoxy) is 1. The molecule has 0 aliphatic heterocycles. The lowest BCUT2D eigenvalue weighted by Gasteiger charge is -2.16. The Morgan fingerprint density at radius 3 is 2.29 bits per heavy atom. The summed E-state index contributed by atoms with van der Waals surface area (Å²) in [6.45, 7) is 1.97. The van der Waals surface area contributed by atoms with E-state index >= 15 is 0 Å². The molecule has 1 atom stereocenters. The molecule has 3 aromatic carbocycles. The van der Waals surface area contributed by atoms with Crippen LogP contribution in [0.1, 0.15) is 30.0 Å². The summed E-state index contributed by atoms with van der Waals surface area (Å²) >= 11 is 0.